The van der Waals surface area contributed by atoms with Gasteiger partial charge >= 0.3 is 0 Å². The van der Waals surface area contributed by atoms with Gasteiger partial charge in [0.25, 0.3) is 0 Å². The molecule has 0 saturated carbocycles. The SMILES string of the molecule is COc1cc(N2CC(C(=O)N(C)c3ccccc3)CC2=O)c(OC)cc1Cl. The van der Waals surface area contributed by atoms with Crippen molar-refractivity contribution in [2.75, 3.05) is 37.6 Å². The van der Waals surface area contributed by atoms with Crippen LogP contribution in [-0.2, 0) is 9.59 Å². The van der Waals surface area contributed by atoms with Gasteiger partial charge in [-0.2, -0.15) is 0 Å². The molecule has 0 N–H and O–H groups in total. The van der Waals surface area contributed by atoms with E-state index in [1.54, 1.807) is 29.0 Å². The summed E-state index contributed by atoms with van der Waals surface area (Å²) in [6, 6.07) is 12.6. The number of hydrogen-bond donors (Lipinski definition) is 0. The average Bonchev–Trinajstić information content (AvgIpc) is 3.08. The highest BCUT2D eigenvalue weighted by Crippen LogP contribution is 2.40. The fourth-order valence-electron chi connectivity index (χ4n) is 3.21. The summed E-state index contributed by atoms with van der Waals surface area (Å²) in [6.45, 7) is 0.274. The number of amides is 2. The highest BCUT2D eigenvalue weighted by Gasteiger charge is 2.38. The highest BCUT2D eigenvalue weighted by atomic mass is 35.5. The van der Waals surface area contributed by atoms with Crippen LogP contribution in [-0.4, -0.2) is 39.6 Å². The summed E-state index contributed by atoms with van der Waals surface area (Å²) < 4.78 is 10.6. The lowest BCUT2D eigenvalue weighted by molar-refractivity contribution is -0.124. The van der Waals surface area contributed by atoms with E-state index in [4.69, 9.17) is 21.1 Å². The zero-order valence-electron chi connectivity index (χ0n) is 15.4. The summed E-state index contributed by atoms with van der Waals surface area (Å²) in [6.07, 6.45) is 0.143. The first-order valence-electron chi connectivity index (χ1n) is 8.50. The van der Waals surface area contributed by atoms with Crippen LogP contribution in [0.15, 0.2) is 42.5 Å². The van der Waals surface area contributed by atoms with Crippen molar-refractivity contribution in [1.29, 1.82) is 0 Å². The van der Waals surface area contributed by atoms with Gasteiger partial charge in [-0.3, -0.25) is 9.59 Å². The molecule has 1 aliphatic rings. The van der Waals surface area contributed by atoms with Gasteiger partial charge in [0.05, 0.1) is 30.8 Å². The Morgan fingerprint density at radius 2 is 1.81 bits per heavy atom. The zero-order chi connectivity index (χ0) is 19.6. The second-order valence-electron chi connectivity index (χ2n) is 6.30. The van der Waals surface area contributed by atoms with E-state index in [1.807, 2.05) is 30.3 Å². The predicted octanol–water partition coefficient (Wildman–Crippen LogP) is 3.37. The molecule has 6 nitrogen and oxygen atoms in total. The Morgan fingerprint density at radius 1 is 1.15 bits per heavy atom. The molecule has 1 atom stereocenters. The number of carbonyl (C=O) groups is 2. The zero-order valence-corrected chi connectivity index (χ0v) is 16.2. The Kier molecular flexibility index (Phi) is 5.56. The van der Waals surface area contributed by atoms with Crippen molar-refractivity contribution in [1.82, 2.24) is 0 Å². The van der Waals surface area contributed by atoms with Gasteiger partial charge in [0.1, 0.15) is 11.5 Å². The van der Waals surface area contributed by atoms with E-state index < -0.39 is 5.92 Å². The highest BCUT2D eigenvalue weighted by molar-refractivity contribution is 6.32. The summed E-state index contributed by atoms with van der Waals surface area (Å²) in [5.74, 6) is 0.221. The molecule has 2 amide bonds. The molecule has 0 bridgehead atoms. The van der Waals surface area contributed by atoms with E-state index in [0.29, 0.717) is 22.2 Å². The molecule has 0 radical (unpaired) electrons. The third-order valence-electron chi connectivity index (χ3n) is 4.69. The molecular formula is C20H21ClN2O4. The smallest absolute Gasteiger partial charge is 0.232 e. The third-order valence-corrected chi connectivity index (χ3v) is 4.99. The predicted molar refractivity (Wildman–Crippen MR) is 105 cm³/mol. The molecule has 2 aromatic carbocycles. The van der Waals surface area contributed by atoms with Crippen LogP contribution in [0.5, 0.6) is 11.5 Å². The van der Waals surface area contributed by atoms with Crippen LogP contribution < -0.4 is 19.3 Å². The lowest BCUT2D eigenvalue weighted by Crippen LogP contribution is -2.34. The fraction of sp³-hybridized carbons (Fsp3) is 0.300. The second-order valence-corrected chi connectivity index (χ2v) is 6.70. The van der Waals surface area contributed by atoms with E-state index in [-0.39, 0.29) is 24.8 Å². The molecule has 1 unspecified atom stereocenters. The Bertz CT molecular complexity index is 857. The van der Waals surface area contributed by atoms with Gasteiger partial charge in [-0.1, -0.05) is 29.8 Å². The Hall–Kier alpha value is -2.73. The van der Waals surface area contributed by atoms with E-state index in [9.17, 15) is 9.59 Å². The van der Waals surface area contributed by atoms with Crippen LogP contribution in [0.1, 0.15) is 6.42 Å². The minimum Gasteiger partial charge on any atom is -0.495 e. The summed E-state index contributed by atoms with van der Waals surface area (Å²) in [7, 11) is 4.73. The molecule has 0 spiro atoms. The first kappa shape index (κ1) is 19.0. The lowest BCUT2D eigenvalue weighted by Gasteiger charge is -2.23. The minimum absolute atomic E-state index is 0.100. The van der Waals surface area contributed by atoms with E-state index in [0.717, 1.165) is 5.69 Å². The quantitative estimate of drug-likeness (QED) is 0.788. The monoisotopic (exact) mass is 388 g/mol. The molecule has 0 aliphatic carbocycles. The molecule has 0 aromatic heterocycles. The largest absolute Gasteiger partial charge is 0.495 e. The van der Waals surface area contributed by atoms with Crippen molar-refractivity contribution >= 4 is 34.8 Å². The summed E-state index contributed by atoms with van der Waals surface area (Å²) in [5, 5.41) is 0.390. The Balaban J connectivity index is 1.85. The van der Waals surface area contributed by atoms with Gasteiger partial charge in [0.2, 0.25) is 11.8 Å². The van der Waals surface area contributed by atoms with Crippen molar-refractivity contribution in [3.63, 3.8) is 0 Å². The number of hydrogen-bond acceptors (Lipinski definition) is 4. The van der Waals surface area contributed by atoms with Crippen molar-refractivity contribution < 1.29 is 19.1 Å². The summed E-state index contributed by atoms with van der Waals surface area (Å²) in [5.41, 5.74) is 1.33. The van der Waals surface area contributed by atoms with Crippen molar-refractivity contribution in [2.24, 2.45) is 5.92 Å². The summed E-state index contributed by atoms with van der Waals surface area (Å²) >= 11 is 6.14. The number of methoxy groups -OCH3 is 2. The van der Waals surface area contributed by atoms with E-state index in [1.165, 1.54) is 14.2 Å². The minimum atomic E-state index is -0.436. The molecule has 1 fully saturated rings. The first-order chi connectivity index (χ1) is 13.0. The van der Waals surface area contributed by atoms with Crippen LogP contribution in [0.2, 0.25) is 5.02 Å². The molecule has 2 aromatic rings. The van der Waals surface area contributed by atoms with Gasteiger partial charge in [0.15, 0.2) is 0 Å². The van der Waals surface area contributed by atoms with Gasteiger partial charge in [-0.05, 0) is 12.1 Å². The maximum Gasteiger partial charge on any atom is 0.232 e. The number of carbonyl (C=O) groups excluding carboxylic acids is 2. The molecule has 3 rings (SSSR count). The van der Waals surface area contributed by atoms with Crippen molar-refractivity contribution in [3.05, 3.63) is 47.5 Å². The number of para-hydroxylation sites is 1. The maximum absolute atomic E-state index is 12.9. The number of halogens is 1. The second kappa shape index (κ2) is 7.88. The number of rotatable bonds is 5. The Morgan fingerprint density at radius 3 is 2.44 bits per heavy atom. The Labute approximate surface area is 163 Å². The van der Waals surface area contributed by atoms with Gasteiger partial charge in [-0.15, -0.1) is 0 Å². The topological polar surface area (TPSA) is 59.1 Å². The van der Waals surface area contributed by atoms with Crippen molar-refractivity contribution in [3.8, 4) is 11.5 Å². The normalized spacial score (nSPS) is 16.4. The van der Waals surface area contributed by atoms with Crippen molar-refractivity contribution in [2.45, 2.75) is 6.42 Å². The van der Waals surface area contributed by atoms with Crippen LogP contribution in [0.25, 0.3) is 0 Å². The molecule has 142 valence electrons. The number of nitrogens with zero attached hydrogens (tertiary/aromatic N) is 2. The standard InChI is InChI=1S/C20H21ClN2O4/c1-22(14-7-5-4-6-8-14)20(25)13-9-19(24)23(12-13)16-11-17(26-2)15(21)10-18(16)27-3/h4-8,10-11,13H,9,12H2,1-3H3. The maximum atomic E-state index is 12.9. The molecule has 1 saturated heterocycles. The van der Waals surface area contributed by atoms with Crippen LogP contribution in [0, 0.1) is 5.92 Å². The fourth-order valence-corrected chi connectivity index (χ4v) is 3.44. The number of anilines is 2. The number of benzene rings is 2. The van der Waals surface area contributed by atoms with E-state index in [2.05, 4.69) is 0 Å². The summed E-state index contributed by atoms with van der Waals surface area (Å²) in [4.78, 5) is 28.6. The lowest BCUT2D eigenvalue weighted by atomic mass is 10.1. The van der Waals surface area contributed by atoms with Gasteiger partial charge < -0.3 is 19.3 Å². The molecule has 7 heteroatoms. The molecule has 1 heterocycles. The molecule has 27 heavy (non-hydrogen) atoms. The third kappa shape index (κ3) is 3.71. The van der Waals surface area contributed by atoms with Crippen LogP contribution in [0.4, 0.5) is 11.4 Å². The van der Waals surface area contributed by atoms with Crippen LogP contribution >= 0.6 is 11.6 Å². The average molecular weight is 389 g/mol. The first-order valence-corrected chi connectivity index (χ1v) is 8.88. The number of ether oxygens (including phenoxy) is 2. The van der Waals surface area contributed by atoms with Crippen LogP contribution in [0.3, 0.4) is 0 Å². The van der Waals surface area contributed by atoms with Gasteiger partial charge in [0, 0.05) is 37.8 Å². The van der Waals surface area contributed by atoms with E-state index >= 15 is 0 Å². The molecule has 1 aliphatic heterocycles. The molecular weight excluding hydrogens is 368 g/mol. The van der Waals surface area contributed by atoms with Gasteiger partial charge in [-0.25, -0.2) is 0 Å².